The number of anilines is 1. The fourth-order valence-electron chi connectivity index (χ4n) is 2.51. The summed E-state index contributed by atoms with van der Waals surface area (Å²) in [5, 5.41) is 14.2. The minimum atomic E-state index is -0.573. The molecule has 1 aromatic carbocycles. The lowest BCUT2D eigenvalue weighted by atomic mass is 10.2. The lowest BCUT2D eigenvalue weighted by molar-refractivity contribution is -0.385. The van der Waals surface area contributed by atoms with Crippen LogP contribution < -0.4 is 10.1 Å². The minimum Gasteiger partial charge on any atom is -0.490 e. The van der Waals surface area contributed by atoms with E-state index in [-0.39, 0.29) is 17.1 Å². The first-order valence-corrected chi connectivity index (χ1v) is 7.56. The molecule has 2 aromatic heterocycles. The van der Waals surface area contributed by atoms with Crippen molar-refractivity contribution in [1.82, 2.24) is 9.38 Å². The summed E-state index contributed by atoms with van der Waals surface area (Å²) in [7, 11) is 1.34. The molecule has 0 aliphatic carbocycles. The van der Waals surface area contributed by atoms with Crippen LogP contribution >= 0.6 is 11.6 Å². The van der Waals surface area contributed by atoms with E-state index in [1.165, 1.54) is 25.3 Å². The van der Waals surface area contributed by atoms with Gasteiger partial charge in [-0.3, -0.25) is 19.3 Å². The molecule has 0 atom stereocenters. The number of amides is 1. The third kappa shape index (κ3) is 3.11. The quantitative estimate of drug-likeness (QED) is 0.567. The van der Waals surface area contributed by atoms with Crippen molar-refractivity contribution in [1.29, 1.82) is 0 Å². The van der Waals surface area contributed by atoms with Crippen LogP contribution in [0, 0.1) is 17.0 Å². The molecule has 2 heterocycles. The summed E-state index contributed by atoms with van der Waals surface area (Å²) < 4.78 is 6.55. The number of hydrogen-bond acceptors (Lipinski definition) is 5. The van der Waals surface area contributed by atoms with Crippen molar-refractivity contribution in [2.45, 2.75) is 6.92 Å². The molecule has 1 amide bonds. The number of ether oxygens (including phenoxy) is 1. The number of halogens is 1. The first kappa shape index (κ1) is 16.7. The molecule has 3 aromatic rings. The van der Waals surface area contributed by atoms with E-state index in [0.717, 1.165) is 0 Å². The van der Waals surface area contributed by atoms with Gasteiger partial charge in [-0.2, -0.15) is 0 Å². The molecule has 128 valence electrons. The molecule has 0 bridgehead atoms. The zero-order valence-corrected chi connectivity index (χ0v) is 14.1. The summed E-state index contributed by atoms with van der Waals surface area (Å²) in [6, 6.07) is 7.48. The number of carbonyl (C=O) groups is 1. The predicted octanol–water partition coefficient (Wildman–Crippen LogP) is 3.47. The zero-order chi connectivity index (χ0) is 18.1. The van der Waals surface area contributed by atoms with Gasteiger partial charge in [0.05, 0.1) is 17.7 Å². The zero-order valence-electron chi connectivity index (χ0n) is 13.3. The predicted molar refractivity (Wildman–Crippen MR) is 92.5 cm³/mol. The molecule has 0 saturated heterocycles. The highest BCUT2D eigenvalue weighted by Crippen LogP contribution is 2.30. The van der Waals surface area contributed by atoms with Gasteiger partial charge in [-0.15, -0.1) is 0 Å². The normalized spacial score (nSPS) is 10.7. The second-order valence-corrected chi connectivity index (χ2v) is 5.65. The highest BCUT2D eigenvalue weighted by atomic mass is 35.5. The Morgan fingerprint density at radius 1 is 1.36 bits per heavy atom. The number of carbonyl (C=O) groups excluding carboxylic acids is 1. The van der Waals surface area contributed by atoms with Gasteiger partial charge in [0.15, 0.2) is 5.75 Å². The van der Waals surface area contributed by atoms with Gasteiger partial charge in [0, 0.05) is 29.0 Å². The van der Waals surface area contributed by atoms with Gasteiger partial charge in [-0.1, -0.05) is 11.6 Å². The maximum Gasteiger partial charge on any atom is 0.312 e. The van der Waals surface area contributed by atoms with Crippen LogP contribution in [0.3, 0.4) is 0 Å². The summed E-state index contributed by atoms with van der Waals surface area (Å²) in [6.07, 6.45) is 1.64. The molecular weight excluding hydrogens is 348 g/mol. The molecule has 3 rings (SSSR count). The Hall–Kier alpha value is -3.13. The number of hydrogen-bond donors (Lipinski definition) is 1. The van der Waals surface area contributed by atoms with E-state index in [4.69, 9.17) is 16.3 Å². The smallest absolute Gasteiger partial charge is 0.312 e. The summed E-state index contributed by atoms with van der Waals surface area (Å²) in [5.41, 5.74) is 1.42. The number of aryl methyl sites for hydroxylation is 1. The summed E-state index contributed by atoms with van der Waals surface area (Å²) in [5.74, 6) is -0.324. The molecule has 0 radical (unpaired) electrons. The molecule has 8 nitrogen and oxygen atoms in total. The fourth-order valence-corrected chi connectivity index (χ4v) is 2.67. The van der Waals surface area contributed by atoms with Gasteiger partial charge >= 0.3 is 5.69 Å². The van der Waals surface area contributed by atoms with Crippen molar-refractivity contribution in [3.8, 4) is 5.75 Å². The third-order valence-corrected chi connectivity index (χ3v) is 3.85. The first-order chi connectivity index (χ1) is 11.9. The lowest BCUT2D eigenvalue weighted by Gasteiger charge is -2.08. The Kier molecular flexibility index (Phi) is 4.28. The van der Waals surface area contributed by atoms with E-state index in [1.54, 1.807) is 29.7 Å². The summed E-state index contributed by atoms with van der Waals surface area (Å²) in [6.45, 7) is 1.70. The van der Waals surface area contributed by atoms with Crippen LogP contribution in [-0.2, 0) is 0 Å². The first-order valence-electron chi connectivity index (χ1n) is 7.18. The second-order valence-electron chi connectivity index (χ2n) is 5.22. The number of rotatable bonds is 4. The van der Waals surface area contributed by atoms with E-state index < -0.39 is 10.8 Å². The van der Waals surface area contributed by atoms with Crippen LogP contribution in [0.2, 0.25) is 5.02 Å². The summed E-state index contributed by atoms with van der Waals surface area (Å²) >= 11 is 5.94. The molecule has 0 unspecified atom stereocenters. The average molecular weight is 361 g/mol. The van der Waals surface area contributed by atoms with Crippen LogP contribution in [0.4, 0.5) is 11.4 Å². The maximum absolute atomic E-state index is 12.6. The highest BCUT2D eigenvalue weighted by Gasteiger charge is 2.20. The SMILES string of the molecule is COc1ccc(NC(=O)c2c(C)nc3cc(Cl)ccn23)cc1[N+](=O)[O-]. The molecular formula is C16H13ClN4O4. The van der Waals surface area contributed by atoms with Crippen LogP contribution in [0.1, 0.15) is 16.2 Å². The monoisotopic (exact) mass is 360 g/mol. The van der Waals surface area contributed by atoms with Gasteiger partial charge in [-0.25, -0.2) is 4.98 Å². The molecule has 0 saturated carbocycles. The Morgan fingerprint density at radius 2 is 2.12 bits per heavy atom. The number of nitro benzene ring substituents is 1. The number of nitrogens with zero attached hydrogens (tertiary/aromatic N) is 3. The molecule has 0 aliphatic heterocycles. The maximum atomic E-state index is 12.6. The Bertz CT molecular complexity index is 999. The molecule has 25 heavy (non-hydrogen) atoms. The van der Waals surface area contributed by atoms with Crippen LogP contribution in [-0.4, -0.2) is 27.3 Å². The molecule has 0 fully saturated rings. The topological polar surface area (TPSA) is 98.8 Å². The van der Waals surface area contributed by atoms with Gasteiger partial charge in [0.2, 0.25) is 0 Å². The largest absolute Gasteiger partial charge is 0.490 e. The van der Waals surface area contributed by atoms with Crippen molar-refractivity contribution in [2.24, 2.45) is 0 Å². The van der Waals surface area contributed by atoms with Gasteiger partial charge in [-0.05, 0) is 25.1 Å². The van der Waals surface area contributed by atoms with Crippen molar-refractivity contribution in [2.75, 3.05) is 12.4 Å². The molecule has 1 N–H and O–H groups in total. The van der Waals surface area contributed by atoms with Crippen molar-refractivity contribution < 1.29 is 14.5 Å². The highest BCUT2D eigenvalue weighted by molar-refractivity contribution is 6.30. The van der Waals surface area contributed by atoms with E-state index in [9.17, 15) is 14.9 Å². The van der Waals surface area contributed by atoms with Crippen molar-refractivity contribution in [3.05, 3.63) is 63.1 Å². The lowest BCUT2D eigenvalue weighted by Crippen LogP contribution is -2.15. The van der Waals surface area contributed by atoms with Crippen molar-refractivity contribution in [3.63, 3.8) is 0 Å². The number of aromatic nitrogens is 2. The fraction of sp³-hybridized carbons (Fsp3) is 0.125. The number of pyridine rings is 1. The molecule has 0 aliphatic rings. The number of benzene rings is 1. The molecule has 9 heteroatoms. The Balaban J connectivity index is 1.97. The number of nitrogens with one attached hydrogen (secondary N) is 1. The van der Waals surface area contributed by atoms with Crippen LogP contribution in [0.15, 0.2) is 36.5 Å². The van der Waals surface area contributed by atoms with Gasteiger partial charge in [0.1, 0.15) is 11.3 Å². The Morgan fingerprint density at radius 3 is 2.80 bits per heavy atom. The molecule has 0 spiro atoms. The van der Waals surface area contributed by atoms with E-state index >= 15 is 0 Å². The number of fused-ring (bicyclic) bond motifs is 1. The Labute approximate surface area is 147 Å². The van der Waals surface area contributed by atoms with Gasteiger partial charge < -0.3 is 10.1 Å². The van der Waals surface area contributed by atoms with E-state index in [2.05, 4.69) is 10.3 Å². The van der Waals surface area contributed by atoms with Crippen LogP contribution in [0.25, 0.3) is 5.65 Å². The van der Waals surface area contributed by atoms with Crippen LogP contribution in [0.5, 0.6) is 5.75 Å². The van der Waals surface area contributed by atoms with E-state index in [1.807, 2.05) is 0 Å². The second kappa shape index (κ2) is 6.40. The van der Waals surface area contributed by atoms with Gasteiger partial charge in [0.25, 0.3) is 5.91 Å². The standard InChI is InChI=1S/C16H13ClN4O4/c1-9-15(20-6-5-10(17)7-14(20)18-9)16(22)19-11-3-4-13(25-2)12(8-11)21(23)24/h3-8H,1-2H3,(H,19,22). The van der Waals surface area contributed by atoms with Crippen molar-refractivity contribution >= 4 is 34.5 Å². The third-order valence-electron chi connectivity index (χ3n) is 3.61. The summed E-state index contributed by atoms with van der Waals surface area (Å²) in [4.78, 5) is 27.4. The van der Waals surface area contributed by atoms with E-state index in [0.29, 0.717) is 22.1 Å². The number of nitro groups is 1. The number of imidazole rings is 1. The number of methoxy groups -OCH3 is 1. The average Bonchev–Trinajstić information content (AvgIpc) is 2.89. The minimum absolute atomic E-state index is 0.114.